The van der Waals surface area contributed by atoms with Gasteiger partial charge in [-0.05, 0) is 36.5 Å². The van der Waals surface area contributed by atoms with Crippen LogP contribution in [0.1, 0.15) is 36.3 Å². The Hall–Kier alpha value is -1.82. The summed E-state index contributed by atoms with van der Waals surface area (Å²) in [6, 6.07) is 3.53. The van der Waals surface area contributed by atoms with E-state index < -0.39 is 5.97 Å². The van der Waals surface area contributed by atoms with E-state index in [0.29, 0.717) is 23.3 Å². The van der Waals surface area contributed by atoms with Crippen molar-refractivity contribution in [3.05, 3.63) is 33.3 Å². The lowest BCUT2D eigenvalue weighted by Gasteiger charge is -2.28. The van der Waals surface area contributed by atoms with E-state index in [1.165, 1.54) is 7.11 Å². The molecule has 6 heteroatoms. The number of aliphatic carboxylic acids is 1. The van der Waals surface area contributed by atoms with Gasteiger partial charge in [-0.1, -0.05) is 15.9 Å². The van der Waals surface area contributed by atoms with E-state index in [2.05, 4.69) is 15.9 Å². The van der Waals surface area contributed by atoms with Gasteiger partial charge in [0.1, 0.15) is 11.5 Å². The van der Waals surface area contributed by atoms with Gasteiger partial charge in [-0.3, -0.25) is 4.79 Å². The number of ketones is 1. The van der Waals surface area contributed by atoms with Crippen molar-refractivity contribution >= 4 is 33.4 Å². The molecular formula is C16H14BrO5-. The summed E-state index contributed by atoms with van der Waals surface area (Å²) in [5.41, 5.74) is 1.69. The average Bonchev–Trinajstić information content (AvgIpc) is 2.74. The summed E-state index contributed by atoms with van der Waals surface area (Å²) in [6.07, 6.45) is 0.475. The van der Waals surface area contributed by atoms with E-state index in [1.807, 2.05) is 0 Å². The van der Waals surface area contributed by atoms with Crippen molar-refractivity contribution in [2.45, 2.75) is 25.2 Å². The summed E-state index contributed by atoms with van der Waals surface area (Å²) in [7, 11) is 1.50. The third-order valence-corrected chi connectivity index (χ3v) is 5.05. The Morgan fingerprint density at radius 1 is 1.50 bits per heavy atom. The number of carbonyl (C=O) groups excluding carboxylic acids is 2. The van der Waals surface area contributed by atoms with Gasteiger partial charge in [0.05, 0.1) is 12.7 Å². The second-order valence-corrected chi connectivity index (χ2v) is 6.51. The third kappa shape index (κ3) is 2.22. The molecule has 22 heavy (non-hydrogen) atoms. The molecule has 0 spiro atoms. The fourth-order valence-electron chi connectivity index (χ4n) is 3.52. The summed E-state index contributed by atoms with van der Waals surface area (Å²) in [5, 5.41) is 21.3. The molecule has 5 nitrogen and oxygen atoms in total. The van der Waals surface area contributed by atoms with Crippen LogP contribution in [-0.2, 0) is 9.59 Å². The molecule has 3 rings (SSSR count). The smallest absolute Gasteiger partial charge is 0.163 e. The van der Waals surface area contributed by atoms with Gasteiger partial charge in [-0.2, -0.15) is 0 Å². The van der Waals surface area contributed by atoms with E-state index in [1.54, 1.807) is 12.1 Å². The molecule has 0 bridgehead atoms. The van der Waals surface area contributed by atoms with Crippen LogP contribution in [0.15, 0.2) is 22.2 Å². The molecule has 2 atom stereocenters. The van der Waals surface area contributed by atoms with Gasteiger partial charge in [0.2, 0.25) is 0 Å². The molecule has 0 unspecified atom stereocenters. The number of allylic oxidation sites excluding steroid dienone is 1. The van der Waals surface area contributed by atoms with Gasteiger partial charge < -0.3 is 19.7 Å². The molecular weight excluding hydrogens is 352 g/mol. The monoisotopic (exact) mass is 365 g/mol. The van der Waals surface area contributed by atoms with E-state index in [-0.39, 0.29) is 36.2 Å². The largest absolute Gasteiger partial charge is 0.550 e. The van der Waals surface area contributed by atoms with Crippen molar-refractivity contribution in [2.24, 2.45) is 5.92 Å². The molecule has 0 saturated heterocycles. The lowest BCUT2D eigenvalue weighted by molar-refractivity contribution is -0.306. The number of hydrogen-bond donors (Lipinski definition) is 1. The van der Waals surface area contributed by atoms with Crippen LogP contribution < -0.4 is 9.84 Å². The number of carboxylic acids is 1. The third-order valence-electron chi connectivity index (χ3n) is 4.36. The second-order valence-electron chi connectivity index (χ2n) is 5.66. The number of fused-ring (bicyclic) bond motifs is 3. The predicted octanol–water partition coefficient (Wildman–Crippen LogP) is 1.94. The van der Waals surface area contributed by atoms with E-state index in [4.69, 9.17) is 4.74 Å². The zero-order valence-corrected chi connectivity index (χ0v) is 13.5. The molecule has 2 aliphatic rings. The number of Topliss-reactive ketones (excluding diaryl/α,β-unsaturated/α-hetero) is 1. The molecule has 1 N–H and O–H groups in total. The maximum absolute atomic E-state index is 12.4. The van der Waals surface area contributed by atoms with Crippen LogP contribution in [-0.4, -0.2) is 24.0 Å². The molecule has 1 saturated carbocycles. The topological polar surface area (TPSA) is 86.7 Å². The Kier molecular flexibility index (Phi) is 3.72. The second kappa shape index (κ2) is 5.43. The maximum Gasteiger partial charge on any atom is 0.163 e. The number of benzene rings is 1. The number of halogens is 1. The fourth-order valence-corrected chi connectivity index (χ4v) is 4.12. The number of ether oxygens (including phenoxy) is 1. The van der Waals surface area contributed by atoms with Crippen LogP contribution in [0.5, 0.6) is 5.75 Å². The molecule has 0 amide bonds. The van der Waals surface area contributed by atoms with Crippen LogP contribution in [0.3, 0.4) is 0 Å². The molecule has 1 fully saturated rings. The highest BCUT2D eigenvalue weighted by Crippen LogP contribution is 2.53. The maximum atomic E-state index is 12.4. The first-order chi connectivity index (χ1) is 10.4. The highest BCUT2D eigenvalue weighted by molar-refractivity contribution is 9.10. The number of carbonyl (C=O) groups is 2. The summed E-state index contributed by atoms with van der Waals surface area (Å²) in [4.78, 5) is 23.2. The number of carboxylic acid groups (broad SMARTS) is 1. The molecule has 0 aliphatic heterocycles. The van der Waals surface area contributed by atoms with Gasteiger partial charge in [-0.25, -0.2) is 0 Å². The van der Waals surface area contributed by atoms with E-state index in [9.17, 15) is 19.8 Å². The predicted molar refractivity (Wildman–Crippen MR) is 80.3 cm³/mol. The summed E-state index contributed by atoms with van der Waals surface area (Å²) < 4.78 is 6.06. The van der Waals surface area contributed by atoms with Crippen molar-refractivity contribution < 1.29 is 24.5 Å². The van der Waals surface area contributed by atoms with Crippen LogP contribution in [0.4, 0.5) is 0 Å². The van der Waals surface area contributed by atoms with Crippen LogP contribution in [0, 0.1) is 5.92 Å². The van der Waals surface area contributed by atoms with Gasteiger partial charge in [-0.15, -0.1) is 0 Å². The Balaban J connectivity index is 2.10. The van der Waals surface area contributed by atoms with Crippen molar-refractivity contribution in [3.63, 3.8) is 0 Å². The van der Waals surface area contributed by atoms with Gasteiger partial charge in [0, 0.05) is 28.4 Å². The summed E-state index contributed by atoms with van der Waals surface area (Å²) in [5.74, 6) is -1.48. The Morgan fingerprint density at radius 2 is 2.23 bits per heavy atom. The first kappa shape index (κ1) is 15.1. The molecule has 1 aromatic rings. The van der Waals surface area contributed by atoms with E-state index >= 15 is 0 Å². The quantitative estimate of drug-likeness (QED) is 0.884. The first-order valence-corrected chi connectivity index (χ1v) is 7.76. The van der Waals surface area contributed by atoms with Gasteiger partial charge in [0.15, 0.2) is 5.78 Å². The lowest BCUT2D eigenvalue weighted by atomic mass is 9.75. The van der Waals surface area contributed by atoms with Crippen molar-refractivity contribution in [1.29, 1.82) is 0 Å². The number of hydrogen-bond acceptors (Lipinski definition) is 5. The highest BCUT2D eigenvalue weighted by Gasteiger charge is 2.43. The fraction of sp³-hybridized carbons (Fsp3) is 0.375. The van der Waals surface area contributed by atoms with E-state index in [0.717, 1.165) is 10.0 Å². The minimum atomic E-state index is -1.16. The molecule has 2 aliphatic carbocycles. The Morgan fingerprint density at radius 3 is 2.86 bits per heavy atom. The van der Waals surface area contributed by atoms with Crippen molar-refractivity contribution in [3.8, 4) is 5.75 Å². The summed E-state index contributed by atoms with van der Waals surface area (Å²) >= 11 is 3.46. The molecule has 0 aromatic heterocycles. The minimum absolute atomic E-state index is 0.0462. The van der Waals surface area contributed by atoms with Crippen molar-refractivity contribution in [1.82, 2.24) is 0 Å². The summed E-state index contributed by atoms with van der Waals surface area (Å²) in [6.45, 7) is 0. The zero-order chi connectivity index (χ0) is 16.0. The normalized spacial score (nSPS) is 23.3. The lowest BCUT2D eigenvalue weighted by Crippen LogP contribution is -2.30. The average molecular weight is 366 g/mol. The van der Waals surface area contributed by atoms with Gasteiger partial charge >= 0.3 is 0 Å². The SMILES string of the molecule is COc1ccc(Br)c2c1C(O)=C1C(=O)C[C@@H](CC(=O)[O-])C[C@H]12. The first-order valence-electron chi connectivity index (χ1n) is 6.97. The zero-order valence-electron chi connectivity index (χ0n) is 11.9. The number of rotatable bonds is 3. The molecule has 0 heterocycles. The van der Waals surface area contributed by atoms with Crippen molar-refractivity contribution in [2.75, 3.05) is 7.11 Å². The molecule has 116 valence electrons. The standard InChI is InChI=1S/C16H15BrO5/c1-22-11-3-2-9(17)13-8-4-7(6-12(19)20)5-10(18)14(8)16(21)15(11)13/h2-3,7-8,21H,4-6H2,1H3,(H,19,20)/p-1/t7-,8-/m0/s1. The molecule has 0 radical (unpaired) electrons. The Labute approximate surface area is 135 Å². The Bertz CT molecular complexity index is 707. The van der Waals surface area contributed by atoms with Crippen LogP contribution >= 0.6 is 15.9 Å². The number of aliphatic hydroxyl groups is 1. The number of aliphatic hydroxyl groups excluding tert-OH is 1. The van der Waals surface area contributed by atoms with Crippen LogP contribution in [0.25, 0.3) is 5.76 Å². The highest BCUT2D eigenvalue weighted by atomic mass is 79.9. The van der Waals surface area contributed by atoms with Crippen LogP contribution in [0.2, 0.25) is 0 Å². The van der Waals surface area contributed by atoms with Gasteiger partial charge in [0.25, 0.3) is 0 Å². The number of methoxy groups -OCH3 is 1. The molecule has 1 aromatic carbocycles. The minimum Gasteiger partial charge on any atom is -0.550 e.